The van der Waals surface area contributed by atoms with E-state index in [-0.39, 0.29) is 17.7 Å². The number of hydrogen-bond acceptors (Lipinski definition) is 2. The van der Waals surface area contributed by atoms with Gasteiger partial charge in [-0.3, -0.25) is 9.59 Å². The minimum absolute atomic E-state index is 0.0171. The molecule has 0 aromatic heterocycles. The average Bonchev–Trinajstić information content (AvgIpc) is 2.18. The summed E-state index contributed by atoms with van der Waals surface area (Å²) in [5, 5.41) is 11.6. The van der Waals surface area contributed by atoms with Crippen LogP contribution in [0.4, 0.5) is 0 Å². The molecule has 2 N–H and O–H groups in total. The van der Waals surface area contributed by atoms with E-state index in [4.69, 9.17) is 5.11 Å². The summed E-state index contributed by atoms with van der Waals surface area (Å²) in [5.41, 5.74) is -0.185. The van der Waals surface area contributed by atoms with Crippen LogP contribution >= 0.6 is 0 Å². The maximum absolute atomic E-state index is 11.4. The number of rotatable bonds is 7. The number of amides is 1. The normalized spacial score (nSPS) is 17.2. The predicted octanol–water partition coefficient (Wildman–Crippen LogP) is 1.71. The zero-order valence-electron chi connectivity index (χ0n) is 9.50. The Balaban J connectivity index is 2.31. The van der Waals surface area contributed by atoms with E-state index in [9.17, 15) is 9.59 Å². The van der Waals surface area contributed by atoms with Gasteiger partial charge in [0.05, 0.1) is 6.42 Å². The van der Waals surface area contributed by atoms with Gasteiger partial charge in [0.15, 0.2) is 0 Å². The summed E-state index contributed by atoms with van der Waals surface area (Å²) < 4.78 is 0. The molecule has 1 aliphatic carbocycles. The van der Waals surface area contributed by atoms with E-state index >= 15 is 0 Å². The van der Waals surface area contributed by atoms with E-state index in [1.807, 2.05) is 0 Å². The first kappa shape index (κ1) is 12.7. The van der Waals surface area contributed by atoms with Gasteiger partial charge in [-0.25, -0.2) is 0 Å². The monoisotopic (exact) mass is 225 g/mol. The Kier molecular flexibility index (Phi) is 4.52. The van der Waals surface area contributed by atoms with Crippen molar-refractivity contribution in [3.05, 3.63) is 12.7 Å². The second-order valence-corrected chi connectivity index (χ2v) is 4.53. The third-order valence-corrected chi connectivity index (χ3v) is 3.18. The molecule has 1 saturated carbocycles. The van der Waals surface area contributed by atoms with Crippen molar-refractivity contribution < 1.29 is 14.7 Å². The molecule has 4 heteroatoms. The lowest BCUT2D eigenvalue weighted by atomic mass is 9.66. The first-order chi connectivity index (χ1) is 7.58. The van der Waals surface area contributed by atoms with Crippen molar-refractivity contribution in [1.29, 1.82) is 0 Å². The van der Waals surface area contributed by atoms with Gasteiger partial charge in [-0.15, -0.1) is 6.58 Å². The minimum Gasteiger partial charge on any atom is -0.481 e. The van der Waals surface area contributed by atoms with Crippen LogP contribution in [0.5, 0.6) is 0 Å². The number of allylic oxidation sites excluding steroid dienone is 1. The summed E-state index contributed by atoms with van der Waals surface area (Å²) in [5.74, 6) is -0.795. The molecular weight excluding hydrogens is 206 g/mol. The summed E-state index contributed by atoms with van der Waals surface area (Å²) >= 11 is 0. The summed E-state index contributed by atoms with van der Waals surface area (Å²) in [7, 11) is 0. The maximum Gasteiger partial charge on any atom is 0.303 e. The number of aliphatic carboxylic acids is 1. The molecule has 1 amide bonds. The van der Waals surface area contributed by atoms with Crippen LogP contribution in [0, 0.1) is 5.41 Å². The van der Waals surface area contributed by atoms with Gasteiger partial charge in [0, 0.05) is 13.0 Å². The molecule has 0 saturated heterocycles. The summed E-state index contributed by atoms with van der Waals surface area (Å²) in [4.78, 5) is 22.1. The number of nitrogens with one attached hydrogen (secondary N) is 1. The number of carbonyl (C=O) groups excluding carboxylic acids is 1. The first-order valence-electron chi connectivity index (χ1n) is 5.67. The molecule has 1 aliphatic rings. The highest BCUT2D eigenvalue weighted by Gasteiger charge is 2.39. The van der Waals surface area contributed by atoms with Crippen LogP contribution in [-0.2, 0) is 9.59 Å². The van der Waals surface area contributed by atoms with E-state index in [2.05, 4.69) is 11.9 Å². The van der Waals surface area contributed by atoms with Crippen LogP contribution in [0.1, 0.15) is 38.5 Å². The Morgan fingerprint density at radius 3 is 2.56 bits per heavy atom. The third-order valence-electron chi connectivity index (χ3n) is 3.18. The molecule has 0 bridgehead atoms. The molecule has 0 spiro atoms. The Labute approximate surface area is 95.7 Å². The second kappa shape index (κ2) is 5.68. The molecule has 0 unspecified atom stereocenters. The molecule has 1 rings (SSSR count). The van der Waals surface area contributed by atoms with Crippen LogP contribution in [0.25, 0.3) is 0 Å². The Morgan fingerprint density at radius 1 is 1.44 bits per heavy atom. The van der Waals surface area contributed by atoms with Crippen LogP contribution in [0.3, 0.4) is 0 Å². The standard InChI is InChI=1S/C12H19NO3/c1-2-3-5-10(14)13-9-12(6-4-7-12)8-11(15)16/h2H,1,3-9H2,(H,13,14)(H,15,16). The van der Waals surface area contributed by atoms with Crippen LogP contribution in [-0.4, -0.2) is 23.5 Å². The summed E-state index contributed by atoms with van der Waals surface area (Å²) in [6.45, 7) is 4.05. The van der Waals surface area contributed by atoms with E-state index < -0.39 is 5.97 Å². The SMILES string of the molecule is C=CCCC(=O)NCC1(CC(=O)O)CCC1. The topological polar surface area (TPSA) is 66.4 Å². The molecule has 0 heterocycles. The molecule has 16 heavy (non-hydrogen) atoms. The Bertz CT molecular complexity index is 282. The van der Waals surface area contributed by atoms with Gasteiger partial charge >= 0.3 is 5.97 Å². The van der Waals surface area contributed by atoms with Crippen LogP contribution < -0.4 is 5.32 Å². The fraction of sp³-hybridized carbons (Fsp3) is 0.667. The lowest BCUT2D eigenvalue weighted by Gasteiger charge is -2.40. The van der Waals surface area contributed by atoms with Crippen LogP contribution in [0.15, 0.2) is 12.7 Å². The molecular formula is C12H19NO3. The van der Waals surface area contributed by atoms with Crippen molar-refractivity contribution in [1.82, 2.24) is 5.32 Å². The van der Waals surface area contributed by atoms with E-state index in [0.29, 0.717) is 19.4 Å². The average molecular weight is 225 g/mol. The first-order valence-corrected chi connectivity index (χ1v) is 5.67. The van der Waals surface area contributed by atoms with E-state index in [1.54, 1.807) is 6.08 Å². The molecule has 0 atom stereocenters. The number of carbonyl (C=O) groups is 2. The van der Waals surface area contributed by atoms with E-state index in [0.717, 1.165) is 19.3 Å². The lowest BCUT2D eigenvalue weighted by Crippen LogP contribution is -2.43. The summed E-state index contributed by atoms with van der Waals surface area (Å²) in [6, 6.07) is 0. The van der Waals surface area contributed by atoms with Crippen molar-refractivity contribution in [2.75, 3.05) is 6.54 Å². The van der Waals surface area contributed by atoms with E-state index in [1.165, 1.54) is 0 Å². The highest BCUT2D eigenvalue weighted by Crippen LogP contribution is 2.43. The Hall–Kier alpha value is -1.32. The van der Waals surface area contributed by atoms with Crippen molar-refractivity contribution in [3.63, 3.8) is 0 Å². The van der Waals surface area contributed by atoms with Crippen molar-refractivity contribution in [2.24, 2.45) is 5.41 Å². The van der Waals surface area contributed by atoms with Gasteiger partial charge in [0.25, 0.3) is 0 Å². The maximum atomic E-state index is 11.4. The van der Waals surface area contributed by atoms with Gasteiger partial charge in [0.1, 0.15) is 0 Å². The van der Waals surface area contributed by atoms with Gasteiger partial charge in [0.2, 0.25) is 5.91 Å². The number of carboxylic acids is 1. The molecule has 0 radical (unpaired) electrons. The zero-order valence-corrected chi connectivity index (χ0v) is 9.50. The quantitative estimate of drug-likeness (QED) is 0.648. The fourth-order valence-corrected chi connectivity index (χ4v) is 2.02. The second-order valence-electron chi connectivity index (χ2n) is 4.53. The van der Waals surface area contributed by atoms with Crippen molar-refractivity contribution in [3.8, 4) is 0 Å². The molecule has 0 aromatic rings. The molecule has 4 nitrogen and oxygen atoms in total. The minimum atomic E-state index is -0.778. The highest BCUT2D eigenvalue weighted by atomic mass is 16.4. The van der Waals surface area contributed by atoms with Gasteiger partial charge in [-0.1, -0.05) is 12.5 Å². The van der Waals surface area contributed by atoms with Gasteiger partial charge in [-0.05, 0) is 24.7 Å². The fourth-order valence-electron chi connectivity index (χ4n) is 2.02. The number of carboxylic acid groups (broad SMARTS) is 1. The lowest BCUT2D eigenvalue weighted by molar-refractivity contribution is -0.141. The highest BCUT2D eigenvalue weighted by molar-refractivity contribution is 5.76. The summed E-state index contributed by atoms with van der Waals surface area (Å²) in [6.07, 6.45) is 5.84. The predicted molar refractivity (Wildman–Crippen MR) is 61.0 cm³/mol. The third kappa shape index (κ3) is 3.68. The van der Waals surface area contributed by atoms with Gasteiger partial charge in [-0.2, -0.15) is 0 Å². The molecule has 0 aromatic carbocycles. The van der Waals surface area contributed by atoms with Crippen LogP contribution in [0.2, 0.25) is 0 Å². The zero-order chi connectivity index (χ0) is 12.0. The number of hydrogen-bond donors (Lipinski definition) is 2. The molecule has 0 aliphatic heterocycles. The van der Waals surface area contributed by atoms with Gasteiger partial charge < -0.3 is 10.4 Å². The van der Waals surface area contributed by atoms with Crippen molar-refractivity contribution in [2.45, 2.75) is 38.5 Å². The largest absolute Gasteiger partial charge is 0.481 e. The Morgan fingerprint density at radius 2 is 2.12 bits per heavy atom. The molecule has 90 valence electrons. The molecule has 1 fully saturated rings. The smallest absolute Gasteiger partial charge is 0.303 e. The van der Waals surface area contributed by atoms with Crippen molar-refractivity contribution >= 4 is 11.9 Å².